The van der Waals surface area contributed by atoms with Crippen LogP contribution in [0, 0.1) is 0 Å². The molecule has 0 aliphatic carbocycles. The maximum Gasteiger partial charge on any atom is 0.254 e. The molecule has 2 aliphatic rings. The average molecular weight is 260 g/mol. The third kappa shape index (κ3) is 3.35. The van der Waals surface area contributed by atoms with E-state index in [-0.39, 0.29) is 5.91 Å². The van der Waals surface area contributed by atoms with Crippen molar-refractivity contribution in [1.29, 1.82) is 0 Å². The lowest BCUT2D eigenvalue weighted by Gasteiger charge is -2.31. The third-order valence-corrected chi connectivity index (χ3v) is 4.03. The van der Waals surface area contributed by atoms with Crippen LogP contribution in [0.15, 0.2) is 36.0 Å². The summed E-state index contributed by atoms with van der Waals surface area (Å²) in [5.41, 5.74) is 1.98. The highest BCUT2D eigenvalue weighted by atomic mass is 16.2. The quantitative estimate of drug-likeness (QED) is 0.725. The fourth-order valence-corrected chi connectivity index (χ4v) is 2.88. The number of nitrogens with zero attached hydrogens (tertiary/aromatic N) is 2. The number of rotatable bonds is 4. The normalized spacial score (nSPS) is 25.5. The summed E-state index contributed by atoms with van der Waals surface area (Å²) < 4.78 is 0. The summed E-state index contributed by atoms with van der Waals surface area (Å²) in [4.78, 5) is 16.9. The molecule has 3 nitrogen and oxygen atoms in total. The van der Waals surface area contributed by atoms with Crippen LogP contribution in [0.4, 0.5) is 0 Å². The zero-order valence-electron chi connectivity index (χ0n) is 11.9. The summed E-state index contributed by atoms with van der Waals surface area (Å²) >= 11 is 0. The molecule has 0 saturated carbocycles. The summed E-state index contributed by atoms with van der Waals surface area (Å²) in [6.07, 6.45) is 9.17. The topological polar surface area (TPSA) is 23.6 Å². The van der Waals surface area contributed by atoms with Crippen molar-refractivity contribution in [3.63, 3.8) is 0 Å². The maximum atomic E-state index is 12.4. The second-order valence-corrected chi connectivity index (χ2v) is 5.22. The molecule has 2 fully saturated rings. The molecule has 104 valence electrons. The van der Waals surface area contributed by atoms with Gasteiger partial charge in [-0.1, -0.05) is 18.7 Å². The van der Waals surface area contributed by atoms with Gasteiger partial charge in [0.1, 0.15) is 0 Å². The predicted molar refractivity (Wildman–Crippen MR) is 78.9 cm³/mol. The van der Waals surface area contributed by atoms with Crippen molar-refractivity contribution in [2.45, 2.75) is 26.2 Å². The zero-order valence-corrected chi connectivity index (χ0v) is 11.9. The van der Waals surface area contributed by atoms with E-state index in [1.807, 2.05) is 24.0 Å². The standard InChI is InChI=1S/C16H24N2O/c1-3-7-15-14(4-2)8-11-18(16(15)19)13-12-17-9-5-6-10-17/h3-4,7H,1,5-6,8-13H2,2H3/b14-4-,15-7+. The van der Waals surface area contributed by atoms with Gasteiger partial charge in [0.15, 0.2) is 0 Å². The van der Waals surface area contributed by atoms with Gasteiger partial charge in [-0.3, -0.25) is 4.79 Å². The molecule has 0 unspecified atom stereocenters. The van der Waals surface area contributed by atoms with Crippen molar-refractivity contribution in [2.24, 2.45) is 0 Å². The lowest BCUT2D eigenvalue weighted by molar-refractivity contribution is -0.127. The van der Waals surface area contributed by atoms with Gasteiger partial charge < -0.3 is 9.80 Å². The van der Waals surface area contributed by atoms with Crippen LogP contribution in [-0.2, 0) is 4.79 Å². The van der Waals surface area contributed by atoms with Crippen LogP contribution in [-0.4, -0.2) is 48.4 Å². The summed E-state index contributed by atoms with van der Waals surface area (Å²) in [6.45, 7) is 10.8. The number of likely N-dealkylation sites (tertiary alicyclic amines) is 2. The van der Waals surface area contributed by atoms with Crippen LogP contribution in [0.3, 0.4) is 0 Å². The van der Waals surface area contributed by atoms with E-state index in [1.54, 1.807) is 6.08 Å². The van der Waals surface area contributed by atoms with Crippen molar-refractivity contribution in [1.82, 2.24) is 9.80 Å². The fourth-order valence-electron chi connectivity index (χ4n) is 2.88. The van der Waals surface area contributed by atoms with Gasteiger partial charge in [0.05, 0.1) is 0 Å². The summed E-state index contributed by atoms with van der Waals surface area (Å²) in [5.74, 6) is 0.165. The Kier molecular flexibility index (Phi) is 4.97. The second-order valence-electron chi connectivity index (χ2n) is 5.22. The van der Waals surface area contributed by atoms with E-state index in [1.165, 1.54) is 25.9 Å². The molecule has 0 spiro atoms. The van der Waals surface area contributed by atoms with Crippen LogP contribution < -0.4 is 0 Å². The smallest absolute Gasteiger partial charge is 0.254 e. The Labute approximate surface area is 116 Å². The van der Waals surface area contributed by atoms with Gasteiger partial charge in [-0.25, -0.2) is 0 Å². The number of carbonyl (C=O) groups excluding carboxylic acids is 1. The largest absolute Gasteiger partial charge is 0.337 e. The molecule has 2 heterocycles. The number of amides is 1. The first-order valence-electron chi connectivity index (χ1n) is 7.26. The minimum absolute atomic E-state index is 0.165. The fraction of sp³-hybridized carbons (Fsp3) is 0.562. The predicted octanol–water partition coefficient (Wildman–Crippen LogP) is 2.37. The maximum absolute atomic E-state index is 12.4. The van der Waals surface area contributed by atoms with E-state index in [0.717, 1.165) is 37.2 Å². The van der Waals surface area contributed by atoms with Gasteiger partial charge >= 0.3 is 0 Å². The van der Waals surface area contributed by atoms with Crippen molar-refractivity contribution in [3.8, 4) is 0 Å². The number of allylic oxidation sites excluding steroid dienone is 3. The Morgan fingerprint density at radius 3 is 2.58 bits per heavy atom. The van der Waals surface area contributed by atoms with Gasteiger partial charge in [0.25, 0.3) is 5.91 Å². The van der Waals surface area contributed by atoms with Crippen LogP contribution in [0.5, 0.6) is 0 Å². The van der Waals surface area contributed by atoms with E-state index < -0.39 is 0 Å². The van der Waals surface area contributed by atoms with Crippen LogP contribution in [0.25, 0.3) is 0 Å². The third-order valence-electron chi connectivity index (χ3n) is 4.03. The Bertz CT molecular complexity index is 403. The summed E-state index contributed by atoms with van der Waals surface area (Å²) in [6, 6.07) is 0. The molecule has 0 radical (unpaired) electrons. The van der Waals surface area contributed by atoms with Crippen LogP contribution >= 0.6 is 0 Å². The Balaban J connectivity index is 1.97. The first-order valence-corrected chi connectivity index (χ1v) is 7.26. The molecule has 0 aromatic rings. The van der Waals surface area contributed by atoms with Gasteiger partial charge in [0.2, 0.25) is 0 Å². The van der Waals surface area contributed by atoms with Gasteiger partial charge in [-0.15, -0.1) is 0 Å². The molecule has 0 atom stereocenters. The van der Waals surface area contributed by atoms with Crippen molar-refractivity contribution in [3.05, 3.63) is 36.0 Å². The first kappa shape index (κ1) is 14.1. The van der Waals surface area contributed by atoms with E-state index in [0.29, 0.717) is 0 Å². The summed E-state index contributed by atoms with van der Waals surface area (Å²) in [5, 5.41) is 0. The molecule has 1 amide bonds. The van der Waals surface area contributed by atoms with Gasteiger partial charge in [0, 0.05) is 25.2 Å². The van der Waals surface area contributed by atoms with Crippen LogP contribution in [0.1, 0.15) is 26.2 Å². The zero-order chi connectivity index (χ0) is 13.7. The molecular weight excluding hydrogens is 236 g/mol. The van der Waals surface area contributed by atoms with Gasteiger partial charge in [-0.2, -0.15) is 0 Å². The highest BCUT2D eigenvalue weighted by Crippen LogP contribution is 2.23. The molecule has 3 heteroatoms. The molecule has 0 aromatic heterocycles. The first-order chi connectivity index (χ1) is 9.26. The second kappa shape index (κ2) is 6.71. The lowest BCUT2D eigenvalue weighted by Crippen LogP contribution is -2.42. The van der Waals surface area contributed by atoms with Crippen molar-refractivity contribution < 1.29 is 4.79 Å². The Morgan fingerprint density at radius 1 is 1.21 bits per heavy atom. The Morgan fingerprint density at radius 2 is 1.95 bits per heavy atom. The minimum atomic E-state index is 0.165. The minimum Gasteiger partial charge on any atom is -0.337 e. The molecule has 19 heavy (non-hydrogen) atoms. The molecule has 0 bridgehead atoms. The molecular formula is C16H24N2O. The monoisotopic (exact) mass is 260 g/mol. The average Bonchev–Trinajstić information content (AvgIpc) is 2.93. The van der Waals surface area contributed by atoms with E-state index in [9.17, 15) is 4.79 Å². The highest BCUT2D eigenvalue weighted by molar-refractivity contribution is 5.99. The van der Waals surface area contributed by atoms with Crippen molar-refractivity contribution in [2.75, 3.05) is 32.7 Å². The Hall–Kier alpha value is -1.35. The molecule has 0 N–H and O–H groups in total. The molecule has 0 aromatic carbocycles. The van der Waals surface area contributed by atoms with E-state index in [4.69, 9.17) is 0 Å². The number of hydrogen-bond acceptors (Lipinski definition) is 2. The number of carbonyl (C=O) groups is 1. The summed E-state index contributed by atoms with van der Waals surface area (Å²) in [7, 11) is 0. The molecule has 2 saturated heterocycles. The highest BCUT2D eigenvalue weighted by Gasteiger charge is 2.26. The number of piperidine rings is 1. The van der Waals surface area contributed by atoms with E-state index in [2.05, 4.69) is 11.5 Å². The van der Waals surface area contributed by atoms with Crippen LogP contribution in [0.2, 0.25) is 0 Å². The SMILES string of the molecule is C=C/C=C1/C(=O)N(CCN2CCCC2)CC/C1=C/C. The van der Waals surface area contributed by atoms with Crippen molar-refractivity contribution >= 4 is 5.91 Å². The van der Waals surface area contributed by atoms with E-state index >= 15 is 0 Å². The molecule has 2 aliphatic heterocycles. The molecule has 2 rings (SSSR count). The number of hydrogen-bond donors (Lipinski definition) is 0. The lowest BCUT2D eigenvalue weighted by atomic mass is 9.96. The van der Waals surface area contributed by atoms with Gasteiger partial charge in [-0.05, 0) is 50.9 Å².